The van der Waals surface area contributed by atoms with Crippen molar-refractivity contribution in [2.75, 3.05) is 7.11 Å². The van der Waals surface area contributed by atoms with E-state index in [4.69, 9.17) is 14.7 Å². The van der Waals surface area contributed by atoms with Gasteiger partial charge in [-0.1, -0.05) is 0 Å². The molecule has 0 atom stereocenters. The Hall–Kier alpha value is -2.48. The third kappa shape index (κ3) is 2.45. The van der Waals surface area contributed by atoms with Crippen LogP contribution >= 0.6 is 0 Å². The molecular formula is C15H15N3O2. The maximum atomic E-state index is 8.88. The Kier molecular flexibility index (Phi) is 3.30. The summed E-state index contributed by atoms with van der Waals surface area (Å²) in [6.45, 7) is 0.443. The van der Waals surface area contributed by atoms with Crippen LogP contribution in [0.3, 0.4) is 0 Å². The van der Waals surface area contributed by atoms with E-state index in [-0.39, 0.29) is 0 Å². The Balaban J connectivity index is 1.74. The molecule has 102 valence electrons. The Morgan fingerprint density at radius 2 is 2.25 bits per heavy atom. The van der Waals surface area contributed by atoms with Crippen LogP contribution in [0.5, 0.6) is 11.5 Å². The summed E-state index contributed by atoms with van der Waals surface area (Å²) in [5.41, 5.74) is 1.61. The van der Waals surface area contributed by atoms with Gasteiger partial charge in [0.15, 0.2) is 11.5 Å². The number of nitriles is 1. The van der Waals surface area contributed by atoms with Crippen molar-refractivity contribution in [3.8, 4) is 17.6 Å². The second kappa shape index (κ2) is 5.25. The topological polar surface area (TPSA) is 60.1 Å². The number of nitrogens with zero attached hydrogens (tertiary/aromatic N) is 3. The third-order valence-corrected chi connectivity index (χ3v) is 3.35. The Morgan fingerprint density at radius 3 is 2.95 bits per heavy atom. The number of benzene rings is 1. The maximum absolute atomic E-state index is 8.88. The lowest BCUT2D eigenvalue weighted by Gasteiger charge is -2.12. The molecule has 1 aromatic heterocycles. The molecule has 20 heavy (non-hydrogen) atoms. The van der Waals surface area contributed by atoms with Crippen LogP contribution < -0.4 is 9.47 Å². The van der Waals surface area contributed by atoms with Crippen molar-refractivity contribution in [1.29, 1.82) is 5.26 Å². The normalized spacial score (nSPS) is 13.8. The van der Waals surface area contributed by atoms with Crippen molar-refractivity contribution in [1.82, 2.24) is 9.55 Å². The van der Waals surface area contributed by atoms with Gasteiger partial charge in [0.05, 0.1) is 37.0 Å². The highest BCUT2D eigenvalue weighted by atomic mass is 16.5. The van der Waals surface area contributed by atoms with Crippen molar-refractivity contribution in [2.45, 2.75) is 25.5 Å². The third-order valence-electron chi connectivity index (χ3n) is 3.35. The Labute approximate surface area is 117 Å². The fraction of sp³-hybridized carbons (Fsp3) is 0.333. The molecule has 0 saturated heterocycles. The van der Waals surface area contributed by atoms with Gasteiger partial charge in [-0.3, -0.25) is 0 Å². The van der Waals surface area contributed by atoms with E-state index in [0.717, 1.165) is 5.69 Å². The minimum absolute atomic E-state index is 0.443. The molecule has 0 N–H and O–H groups in total. The largest absolute Gasteiger partial charge is 0.493 e. The van der Waals surface area contributed by atoms with Crippen LogP contribution in [-0.2, 0) is 6.61 Å². The van der Waals surface area contributed by atoms with Gasteiger partial charge < -0.3 is 14.0 Å². The van der Waals surface area contributed by atoms with Gasteiger partial charge in [-0.2, -0.15) is 5.26 Å². The predicted molar refractivity (Wildman–Crippen MR) is 72.5 cm³/mol. The van der Waals surface area contributed by atoms with Crippen molar-refractivity contribution >= 4 is 0 Å². The highest BCUT2D eigenvalue weighted by Gasteiger charge is 2.25. The van der Waals surface area contributed by atoms with E-state index in [1.807, 2.05) is 12.5 Å². The second-order valence-corrected chi connectivity index (χ2v) is 4.79. The average Bonchev–Trinajstić information content (AvgIpc) is 3.23. The number of methoxy groups -OCH3 is 1. The van der Waals surface area contributed by atoms with E-state index in [9.17, 15) is 0 Å². The van der Waals surface area contributed by atoms with Crippen molar-refractivity contribution in [3.63, 3.8) is 0 Å². The maximum Gasteiger partial charge on any atom is 0.162 e. The highest BCUT2D eigenvalue weighted by Crippen LogP contribution is 2.36. The lowest BCUT2D eigenvalue weighted by Crippen LogP contribution is -2.04. The van der Waals surface area contributed by atoms with E-state index in [0.29, 0.717) is 29.7 Å². The molecule has 1 fully saturated rings. The van der Waals surface area contributed by atoms with Crippen LogP contribution in [0.1, 0.15) is 30.1 Å². The van der Waals surface area contributed by atoms with Crippen LogP contribution in [-0.4, -0.2) is 16.7 Å². The number of imidazole rings is 1. The highest BCUT2D eigenvalue weighted by molar-refractivity contribution is 5.46. The molecule has 0 radical (unpaired) electrons. The lowest BCUT2D eigenvalue weighted by atomic mass is 10.2. The summed E-state index contributed by atoms with van der Waals surface area (Å²) in [5.74, 6) is 1.21. The Bertz CT molecular complexity index is 653. The van der Waals surface area contributed by atoms with Gasteiger partial charge in [0.1, 0.15) is 6.61 Å². The summed E-state index contributed by atoms with van der Waals surface area (Å²) in [6, 6.07) is 7.82. The molecule has 1 heterocycles. The van der Waals surface area contributed by atoms with E-state index < -0.39 is 0 Å². The molecule has 0 aliphatic heterocycles. The van der Waals surface area contributed by atoms with Gasteiger partial charge in [0.2, 0.25) is 0 Å². The molecule has 0 bridgehead atoms. The fourth-order valence-electron chi connectivity index (χ4n) is 2.13. The van der Waals surface area contributed by atoms with Crippen LogP contribution in [0, 0.1) is 11.3 Å². The molecule has 0 unspecified atom stereocenters. The summed E-state index contributed by atoms with van der Waals surface area (Å²) in [4.78, 5) is 4.17. The number of rotatable bonds is 5. The molecule has 2 aromatic rings. The molecule has 0 amide bonds. The molecule has 1 aliphatic carbocycles. The molecule has 1 aromatic carbocycles. The molecule has 5 nitrogen and oxygen atoms in total. The van der Waals surface area contributed by atoms with Gasteiger partial charge in [-0.25, -0.2) is 4.98 Å². The lowest BCUT2D eigenvalue weighted by molar-refractivity contribution is 0.275. The van der Waals surface area contributed by atoms with E-state index >= 15 is 0 Å². The summed E-state index contributed by atoms with van der Waals surface area (Å²) in [7, 11) is 1.57. The molecule has 1 saturated carbocycles. The molecule has 0 spiro atoms. The Morgan fingerprint density at radius 1 is 1.40 bits per heavy atom. The molecular weight excluding hydrogens is 254 g/mol. The first-order chi connectivity index (χ1) is 9.81. The van der Waals surface area contributed by atoms with Crippen LogP contribution in [0.15, 0.2) is 30.7 Å². The van der Waals surface area contributed by atoms with Crippen LogP contribution in [0.2, 0.25) is 0 Å². The zero-order valence-corrected chi connectivity index (χ0v) is 11.2. The standard InChI is InChI=1S/C15H15N3O2/c1-19-15-6-11(7-16)2-5-14(15)20-9-13-8-17-10-18(13)12-3-4-12/h2,5-6,8,10,12H,3-4,9H2,1H3. The van der Waals surface area contributed by atoms with Crippen molar-refractivity contribution in [3.05, 3.63) is 42.0 Å². The molecule has 3 rings (SSSR count). The van der Waals surface area contributed by atoms with Gasteiger partial charge in [0, 0.05) is 12.1 Å². The SMILES string of the molecule is COc1cc(C#N)ccc1OCc1cncn1C1CC1. The van der Waals surface area contributed by atoms with Gasteiger partial charge in [0.25, 0.3) is 0 Å². The van der Waals surface area contributed by atoms with Crippen molar-refractivity contribution in [2.24, 2.45) is 0 Å². The first-order valence-electron chi connectivity index (χ1n) is 6.53. The summed E-state index contributed by atoms with van der Waals surface area (Å²) < 4.78 is 13.2. The van der Waals surface area contributed by atoms with Gasteiger partial charge >= 0.3 is 0 Å². The summed E-state index contributed by atoms with van der Waals surface area (Å²) in [6.07, 6.45) is 6.11. The van der Waals surface area contributed by atoms with E-state index in [1.54, 1.807) is 25.3 Å². The van der Waals surface area contributed by atoms with Crippen molar-refractivity contribution < 1.29 is 9.47 Å². The van der Waals surface area contributed by atoms with E-state index in [1.165, 1.54) is 12.8 Å². The fourth-order valence-corrected chi connectivity index (χ4v) is 2.13. The predicted octanol–water partition coefficient (Wildman–Crippen LogP) is 2.68. The minimum atomic E-state index is 0.443. The zero-order valence-electron chi connectivity index (χ0n) is 11.2. The number of ether oxygens (including phenoxy) is 2. The summed E-state index contributed by atoms with van der Waals surface area (Å²) in [5, 5.41) is 8.88. The smallest absolute Gasteiger partial charge is 0.162 e. The van der Waals surface area contributed by atoms with E-state index in [2.05, 4.69) is 15.6 Å². The second-order valence-electron chi connectivity index (χ2n) is 4.79. The molecule has 5 heteroatoms. The minimum Gasteiger partial charge on any atom is -0.493 e. The number of aromatic nitrogens is 2. The zero-order chi connectivity index (χ0) is 13.9. The van der Waals surface area contributed by atoms with Crippen LogP contribution in [0.4, 0.5) is 0 Å². The summed E-state index contributed by atoms with van der Waals surface area (Å²) >= 11 is 0. The quantitative estimate of drug-likeness (QED) is 0.837. The first kappa shape index (κ1) is 12.5. The molecule has 1 aliphatic rings. The monoisotopic (exact) mass is 269 g/mol. The van der Waals surface area contributed by atoms with Gasteiger partial charge in [-0.15, -0.1) is 0 Å². The number of hydrogen-bond donors (Lipinski definition) is 0. The average molecular weight is 269 g/mol. The first-order valence-corrected chi connectivity index (χ1v) is 6.53. The van der Waals surface area contributed by atoms with Crippen LogP contribution in [0.25, 0.3) is 0 Å². The van der Waals surface area contributed by atoms with Gasteiger partial charge in [-0.05, 0) is 25.0 Å². The number of hydrogen-bond acceptors (Lipinski definition) is 4.